The van der Waals surface area contributed by atoms with Gasteiger partial charge in [0.05, 0.1) is 4.47 Å². The van der Waals surface area contributed by atoms with Crippen LogP contribution in [0.1, 0.15) is 25.3 Å². The van der Waals surface area contributed by atoms with Gasteiger partial charge in [-0.3, -0.25) is 0 Å². The summed E-state index contributed by atoms with van der Waals surface area (Å²) in [7, 11) is 0. The number of nitrogens with one attached hydrogen (secondary N) is 1. The fourth-order valence-electron chi connectivity index (χ4n) is 2.31. The number of ether oxygens (including phenoxy) is 1. The smallest absolute Gasteiger partial charge is 0.405 e. The Labute approximate surface area is 134 Å². The first-order valence-electron chi connectivity index (χ1n) is 6.66. The van der Waals surface area contributed by atoms with E-state index in [-0.39, 0.29) is 10.5 Å². The molecule has 1 saturated heterocycles. The van der Waals surface area contributed by atoms with Gasteiger partial charge in [-0.1, -0.05) is 6.07 Å². The number of benzene rings is 1. The van der Waals surface area contributed by atoms with Crippen LogP contribution in [0.5, 0.6) is 5.75 Å². The highest BCUT2D eigenvalue weighted by Gasteiger charge is 2.32. The van der Waals surface area contributed by atoms with Crippen molar-refractivity contribution in [2.24, 2.45) is 0 Å². The first-order chi connectivity index (χ1) is 9.77. The van der Waals surface area contributed by atoms with Crippen LogP contribution in [0.2, 0.25) is 0 Å². The Morgan fingerprint density at radius 1 is 1.43 bits per heavy atom. The van der Waals surface area contributed by atoms with Gasteiger partial charge in [-0.2, -0.15) is 11.8 Å². The van der Waals surface area contributed by atoms with Crippen LogP contribution in [-0.4, -0.2) is 23.4 Å². The normalized spacial score (nSPS) is 22.5. The predicted octanol–water partition coefficient (Wildman–Crippen LogP) is 4.72. The molecule has 1 fully saturated rings. The van der Waals surface area contributed by atoms with Crippen LogP contribution in [-0.2, 0) is 6.54 Å². The average molecular weight is 384 g/mol. The molecule has 0 saturated carbocycles. The summed E-state index contributed by atoms with van der Waals surface area (Å²) in [5.74, 6) is 0.984. The largest absolute Gasteiger partial charge is 0.573 e. The number of hydrogen-bond donors (Lipinski definition) is 1. The summed E-state index contributed by atoms with van der Waals surface area (Å²) in [6.45, 7) is 3.77. The summed E-state index contributed by atoms with van der Waals surface area (Å²) in [5.41, 5.74) is 0.919. The Hall–Kier alpha value is -0.400. The van der Waals surface area contributed by atoms with Crippen LogP contribution >= 0.6 is 27.7 Å². The molecule has 0 aliphatic carbocycles. The predicted molar refractivity (Wildman–Crippen MR) is 82.6 cm³/mol. The number of rotatable bonds is 5. The zero-order chi connectivity index (χ0) is 15.5. The minimum Gasteiger partial charge on any atom is -0.405 e. The van der Waals surface area contributed by atoms with Crippen molar-refractivity contribution in [1.82, 2.24) is 5.32 Å². The summed E-state index contributed by atoms with van der Waals surface area (Å²) >= 11 is 5.09. The van der Waals surface area contributed by atoms with E-state index < -0.39 is 6.36 Å². The van der Waals surface area contributed by atoms with Gasteiger partial charge in [0, 0.05) is 17.8 Å². The highest BCUT2D eigenvalue weighted by atomic mass is 79.9. The second kappa shape index (κ2) is 6.79. The Balaban J connectivity index is 1.88. The molecule has 1 atom stereocenters. The molecule has 0 amide bonds. The maximum atomic E-state index is 12.2. The Morgan fingerprint density at radius 2 is 2.19 bits per heavy atom. The molecule has 1 aliphatic heterocycles. The molecule has 1 heterocycles. The van der Waals surface area contributed by atoms with Crippen LogP contribution in [0.3, 0.4) is 0 Å². The lowest BCUT2D eigenvalue weighted by atomic mass is 10.1. The summed E-state index contributed by atoms with van der Waals surface area (Å²) in [5, 5.41) is 3.37. The lowest BCUT2D eigenvalue weighted by Crippen LogP contribution is -2.32. The fraction of sp³-hybridized carbons (Fsp3) is 0.571. The minimum absolute atomic E-state index is 0.218. The van der Waals surface area contributed by atoms with E-state index in [0.717, 1.165) is 12.1 Å². The average Bonchev–Trinajstić information content (AvgIpc) is 2.78. The van der Waals surface area contributed by atoms with Crippen molar-refractivity contribution < 1.29 is 17.9 Å². The van der Waals surface area contributed by atoms with Crippen LogP contribution in [0.15, 0.2) is 22.7 Å². The van der Waals surface area contributed by atoms with Gasteiger partial charge in [0.25, 0.3) is 0 Å². The molecule has 0 aromatic heterocycles. The molecule has 2 nitrogen and oxygen atoms in total. The Bertz CT molecular complexity index is 490. The van der Waals surface area contributed by atoms with Crippen LogP contribution < -0.4 is 10.1 Å². The third kappa shape index (κ3) is 5.38. The van der Waals surface area contributed by atoms with Gasteiger partial charge in [-0.05, 0) is 59.1 Å². The highest BCUT2D eigenvalue weighted by molar-refractivity contribution is 9.10. The van der Waals surface area contributed by atoms with E-state index in [2.05, 4.69) is 32.9 Å². The van der Waals surface area contributed by atoms with Crippen molar-refractivity contribution in [3.63, 3.8) is 0 Å². The Morgan fingerprint density at radius 3 is 2.76 bits per heavy atom. The van der Waals surface area contributed by atoms with Gasteiger partial charge in [0.2, 0.25) is 0 Å². The molecular formula is C14H17BrF3NOS. The molecule has 0 radical (unpaired) electrons. The first kappa shape index (κ1) is 17.0. The van der Waals surface area contributed by atoms with E-state index in [1.807, 2.05) is 11.8 Å². The van der Waals surface area contributed by atoms with Crippen LogP contribution in [0, 0.1) is 0 Å². The number of alkyl halides is 3. The molecule has 0 bridgehead atoms. The van der Waals surface area contributed by atoms with Crippen molar-refractivity contribution >= 4 is 27.7 Å². The maximum Gasteiger partial charge on any atom is 0.573 e. The minimum atomic E-state index is -4.67. The SMILES string of the molecule is CC1(CNCc2ccc(OC(F)(F)F)c(Br)c2)CCCS1. The third-order valence-corrected chi connectivity index (χ3v) is 5.51. The van der Waals surface area contributed by atoms with Crippen molar-refractivity contribution in [2.45, 2.75) is 37.4 Å². The Kier molecular flexibility index (Phi) is 5.48. The van der Waals surface area contributed by atoms with E-state index >= 15 is 0 Å². The lowest BCUT2D eigenvalue weighted by Gasteiger charge is -2.23. The summed E-state index contributed by atoms with van der Waals surface area (Å²) in [4.78, 5) is 0. The van der Waals surface area contributed by atoms with Gasteiger partial charge in [-0.25, -0.2) is 0 Å². The zero-order valence-electron chi connectivity index (χ0n) is 11.6. The van der Waals surface area contributed by atoms with E-state index in [1.54, 1.807) is 12.1 Å². The van der Waals surface area contributed by atoms with Crippen LogP contribution in [0.25, 0.3) is 0 Å². The van der Waals surface area contributed by atoms with E-state index in [4.69, 9.17) is 0 Å². The maximum absolute atomic E-state index is 12.2. The molecule has 21 heavy (non-hydrogen) atoms. The second-order valence-electron chi connectivity index (χ2n) is 5.32. The monoisotopic (exact) mass is 383 g/mol. The summed E-state index contributed by atoms with van der Waals surface area (Å²) < 4.78 is 41.0. The second-order valence-corrected chi connectivity index (χ2v) is 7.85. The molecule has 2 rings (SSSR count). The van der Waals surface area contributed by atoms with Crippen molar-refractivity contribution in [2.75, 3.05) is 12.3 Å². The van der Waals surface area contributed by atoms with Gasteiger partial charge < -0.3 is 10.1 Å². The molecule has 7 heteroatoms. The molecular weight excluding hydrogens is 367 g/mol. The molecule has 1 aromatic carbocycles. The summed E-state index contributed by atoms with van der Waals surface area (Å²) in [6.07, 6.45) is -2.22. The van der Waals surface area contributed by atoms with Gasteiger partial charge in [0.1, 0.15) is 5.75 Å². The zero-order valence-corrected chi connectivity index (χ0v) is 14.0. The lowest BCUT2D eigenvalue weighted by molar-refractivity contribution is -0.274. The van der Waals surface area contributed by atoms with Gasteiger partial charge in [-0.15, -0.1) is 13.2 Å². The topological polar surface area (TPSA) is 21.3 Å². The molecule has 1 N–H and O–H groups in total. The standard InChI is InChI=1S/C14H17BrF3NOS/c1-13(5-2-6-21-13)9-19-8-10-3-4-12(11(15)7-10)20-14(16,17)18/h3-4,7,19H,2,5-6,8-9H2,1H3. The molecule has 118 valence electrons. The van der Waals surface area contributed by atoms with Crippen LogP contribution in [0.4, 0.5) is 13.2 Å². The number of halogens is 4. The summed E-state index contributed by atoms with van der Waals surface area (Å²) in [6, 6.07) is 4.63. The van der Waals surface area contributed by atoms with E-state index in [9.17, 15) is 13.2 Å². The first-order valence-corrected chi connectivity index (χ1v) is 8.44. The highest BCUT2D eigenvalue weighted by Crippen LogP contribution is 2.37. The quantitative estimate of drug-likeness (QED) is 0.794. The van der Waals surface area contributed by atoms with Crippen molar-refractivity contribution in [1.29, 1.82) is 0 Å². The molecule has 1 aromatic rings. The van der Waals surface area contributed by atoms with Gasteiger partial charge in [0.15, 0.2) is 0 Å². The fourth-order valence-corrected chi connectivity index (χ4v) is 4.09. The molecule has 0 spiro atoms. The molecule has 1 aliphatic rings. The van der Waals surface area contributed by atoms with E-state index in [1.165, 1.54) is 24.7 Å². The third-order valence-electron chi connectivity index (χ3n) is 3.35. The van der Waals surface area contributed by atoms with Gasteiger partial charge >= 0.3 is 6.36 Å². The number of thioether (sulfide) groups is 1. The number of hydrogen-bond acceptors (Lipinski definition) is 3. The molecule has 1 unspecified atom stereocenters. The van der Waals surface area contributed by atoms with Crippen molar-refractivity contribution in [3.05, 3.63) is 28.2 Å². The van der Waals surface area contributed by atoms with E-state index in [0.29, 0.717) is 11.0 Å². The van der Waals surface area contributed by atoms with Crippen molar-refractivity contribution in [3.8, 4) is 5.75 Å².